The summed E-state index contributed by atoms with van der Waals surface area (Å²) in [6, 6.07) is 10.4. The Morgan fingerprint density at radius 2 is 2.05 bits per heavy atom. The maximum Gasteiger partial charge on any atom is 0.302 e. The van der Waals surface area contributed by atoms with Crippen molar-refractivity contribution >= 4 is 5.97 Å². The Bertz CT molecular complexity index is 423. The lowest BCUT2D eigenvalue weighted by Crippen LogP contribution is -2.19. The van der Waals surface area contributed by atoms with Crippen LogP contribution >= 0.6 is 0 Å². The minimum absolute atomic E-state index is 0.219. The summed E-state index contributed by atoms with van der Waals surface area (Å²) in [6.07, 6.45) is 7.47. The summed E-state index contributed by atoms with van der Waals surface area (Å²) in [5.74, 6) is -0.307. The number of carbonyl (C=O) groups is 1. The number of hydrogen-bond acceptors (Lipinski definition) is 3. The van der Waals surface area contributed by atoms with Crippen LogP contribution in [0.3, 0.4) is 0 Å². The van der Waals surface area contributed by atoms with E-state index in [4.69, 9.17) is 9.47 Å². The van der Waals surface area contributed by atoms with Gasteiger partial charge < -0.3 is 9.47 Å². The van der Waals surface area contributed by atoms with E-state index in [1.165, 1.54) is 12.5 Å². The molecule has 0 fully saturated rings. The summed E-state index contributed by atoms with van der Waals surface area (Å²) in [4.78, 5) is 10.7. The molecular weight excluding hydrogens is 252 g/mol. The molecule has 3 nitrogen and oxygen atoms in total. The molecule has 0 spiro atoms. The van der Waals surface area contributed by atoms with Gasteiger partial charge in [-0.3, -0.25) is 4.79 Å². The van der Waals surface area contributed by atoms with E-state index in [9.17, 15) is 4.79 Å². The third-order valence-electron chi connectivity index (χ3n) is 2.73. The van der Waals surface area contributed by atoms with Gasteiger partial charge in [-0.1, -0.05) is 48.6 Å². The smallest absolute Gasteiger partial charge is 0.302 e. The standard InChI is InChI=1S/C17H22O3/c1-3-17(14-20-15(2)18)19-13-9-5-8-12-16-10-6-4-7-11-16/h3-7,9-11,17H,1,8,12-14H2,2H3/b9-5+/t17-/m1/s1. The van der Waals surface area contributed by atoms with Crippen molar-refractivity contribution in [1.82, 2.24) is 0 Å². The lowest BCUT2D eigenvalue weighted by Gasteiger charge is -2.11. The Hall–Kier alpha value is -1.87. The number of allylic oxidation sites excluding steroid dienone is 1. The second kappa shape index (κ2) is 9.98. The highest BCUT2D eigenvalue weighted by Gasteiger charge is 2.04. The molecule has 0 aromatic heterocycles. The zero-order chi connectivity index (χ0) is 14.6. The minimum atomic E-state index is -0.307. The van der Waals surface area contributed by atoms with Gasteiger partial charge in [0.15, 0.2) is 0 Å². The van der Waals surface area contributed by atoms with Crippen LogP contribution in [0.2, 0.25) is 0 Å². The summed E-state index contributed by atoms with van der Waals surface area (Å²) >= 11 is 0. The molecule has 1 aromatic carbocycles. The second-order valence-corrected chi connectivity index (χ2v) is 4.41. The summed E-state index contributed by atoms with van der Waals surface area (Å²) in [5.41, 5.74) is 1.33. The topological polar surface area (TPSA) is 35.5 Å². The quantitative estimate of drug-likeness (QED) is 0.512. The molecule has 0 unspecified atom stereocenters. The van der Waals surface area contributed by atoms with Crippen molar-refractivity contribution in [2.24, 2.45) is 0 Å². The van der Waals surface area contributed by atoms with E-state index in [1.807, 2.05) is 24.3 Å². The third kappa shape index (κ3) is 7.54. The first-order chi connectivity index (χ1) is 9.72. The fourth-order valence-corrected chi connectivity index (χ4v) is 1.64. The first kappa shape index (κ1) is 16.2. The molecule has 1 rings (SSSR count). The van der Waals surface area contributed by atoms with Crippen molar-refractivity contribution in [2.75, 3.05) is 13.2 Å². The Kier molecular flexibility index (Phi) is 8.08. The van der Waals surface area contributed by atoms with Gasteiger partial charge in [0.1, 0.15) is 12.7 Å². The van der Waals surface area contributed by atoms with Crippen LogP contribution in [0.15, 0.2) is 55.1 Å². The van der Waals surface area contributed by atoms with Crippen molar-refractivity contribution in [3.8, 4) is 0 Å². The molecule has 0 aliphatic rings. The second-order valence-electron chi connectivity index (χ2n) is 4.41. The van der Waals surface area contributed by atoms with Gasteiger partial charge in [0, 0.05) is 6.92 Å². The summed E-state index contributed by atoms with van der Waals surface area (Å²) in [5, 5.41) is 0. The summed E-state index contributed by atoms with van der Waals surface area (Å²) < 4.78 is 10.4. The van der Waals surface area contributed by atoms with E-state index in [0.717, 1.165) is 12.8 Å². The number of rotatable bonds is 9. The predicted molar refractivity (Wildman–Crippen MR) is 80.5 cm³/mol. The Morgan fingerprint density at radius 3 is 2.70 bits per heavy atom. The molecule has 0 aliphatic carbocycles. The van der Waals surface area contributed by atoms with Gasteiger partial charge in [0.2, 0.25) is 0 Å². The molecule has 0 amide bonds. The molecular formula is C17H22O3. The molecule has 0 heterocycles. The van der Waals surface area contributed by atoms with Gasteiger partial charge in [-0.2, -0.15) is 0 Å². The average molecular weight is 274 g/mol. The van der Waals surface area contributed by atoms with Gasteiger partial charge in [0.25, 0.3) is 0 Å². The van der Waals surface area contributed by atoms with Crippen LogP contribution in [-0.4, -0.2) is 25.3 Å². The van der Waals surface area contributed by atoms with Crippen LogP contribution in [0.1, 0.15) is 18.9 Å². The molecule has 0 radical (unpaired) electrons. The van der Waals surface area contributed by atoms with E-state index in [-0.39, 0.29) is 18.7 Å². The number of carbonyl (C=O) groups excluding carboxylic acids is 1. The normalized spacial score (nSPS) is 12.2. The van der Waals surface area contributed by atoms with E-state index < -0.39 is 0 Å². The first-order valence-corrected chi connectivity index (χ1v) is 6.79. The van der Waals surface area contributed by atoms with Crippen LogP contribution < -0.4 is 0 Å². The fourth-order valence-electron chi connectivity index (χ4n) is 1.64. The predicted octanol–water partition coefficient (Wildman–Crippen LogP) is 3.31. The molecule has 108 valence electrons. The molecule has 0 saturated carbocycles. The molecule has 20 heavy (non-hydrogen) atoms. The average Bonchev–Trinajstić information content (AvgIpc) is 2.46. The number of aryl methyl sites for hydroxylation is 1. The first-order valence-electron chi connectivity index (χ1n) is 6.79. The van der Waals surface area contributed by atoms with E-state index in [0.29, 0.717) is 6.61 Å². The SMILES string of the molecule is C=C[C@H](COC(C)=O)OC/C=C/CCc1ccccc1. The largest absolute Gasteiger partial charge is 0.463 e. The highest BCUT2D eigenvalue weighted by molar-refractivity contribution is 5.65. The maximum atomic E-state index is 10.7. The van der Waals surface area contributed by atoms with Crippen LogP contribution in [0.5, 0.6) is 0 Å². The summed E-state index contributed by atoms with van der Waals surface area (Å²) in [7, 11) is 0. The Morgan fingerprint density at radius 1 is 1.30 bits per heavy atom. The monoisotopic (exact) mass is 274 g/mol. The number of hydrogen-bond donors (Lipinski definition) is 0. The van der Waals surface area contributed by atoms with Crippen molar-refractivity contribution in [2.45, 2.75) is 25.9 Å². The van der Waals surface area contributed by atoms with Gasteiger partial charge in [-0.15, -0.1) is 6.58 Å². The third-order valence-corrected chi connectivity index (χ3v) is 2.73. The van der Waals surface area contributed by atoms with Crippen molar-refractivity contribution in [1.29, 1.82) is 0 Å². The molecule has 0 saturated heterocycles. The van der Waals surface area contributed by atoms with Crippen molar-refractivity contribution in [3.05, 3.63) is 60.7 Å². The van der Waals surface area contributed by atoms with Crippen molar-refractivity contribution < 1.29 is 14.3 Å². The molecule has 0 N–H and O–H groups in total. The van der Waals surface area contributed by atoms with Gasteiger partial charge in [-0.05, 0) is 18.4 Å². The van der Waals surface area contributed by atoms with Crippen molar-refractivity contribution in [3.63, 3.8) is 0 Å². The molecule has 1 atom stereocenters. The van der Waals surface area contributed by atoms with Gasteiger partial charge in [0.05, 0.1) is 6.61 Å². The number of benzene rings is 1. The highest BCUT2D eigenvalue weighted by atomic mass is 16.6. The van der Waals surface area contributed by atoms with E-state index >= 15 is 0 Å². The lowest BCUT2D eigenvalue weighted by atomic mass is 10.1. The number of esters is 1. The maximum absolute atomic E-state index is 10.7. The zero-order valence-electron chi connectivity index (χ0n) is 12.0. The fraction of sp³-hybridized carbons (Fsp3) is 0.353. The molecule has 1 aromatic rings. The minimum Gasteiger partial charge on any atom is -0.463 e. The Balaban J connectivity index is 2.14. The lowest BCUT2D eigenvalue weighted by molar-refractivity contribution is -0.143. The number of ether oxygens (including phenoxy) is 2. The van der Waals surface area contributed by atoms with E-state index in [2.05, 4.69) is 24.8 Å². The van der Waals surface area contributed by atoms with Crippen LogP contribution in [0.4, 0.5) is 0 Å². The highest BCUT2D eigenvalue weighted by Crippen LogP contribution is 2.03. The molecule has 3 heteroatoms. The van der Waals surface area contributed by atoms with Crippen LogP contribution in [-0.2, 0) is 20.7 Å². The summed E-state index contributed by atoms with van der Waals surface area (Å²) in [6.45, 7) is 5.74. The van der Waals surface area contributed by atoms with Gasteiger partial charge in [-0.25, -0.2) is 0 Å². The molecule has 0 bridgehead atoms. The zero-order valence-corrected chi connectivity index (χ0v) is 12.0. The van der Waals surface area contributed by atoms with Gasteiger partial charge >= 0.3 is 5.97 Å². The Labute approximate surface area is 120 Å². The van der Waals surface area contributed by atoms with E-state index in [1.54, 1.807) is 6.08 Å². The van der Waals surface area contributed by atoms with Crippen LogP contribution in [0.25, 0.3) is 0 Å². The molecule has 0 aliphatic heterocycles. The van der Waals surface area contributed by atoms with Crippen LogP contribution in [0, 0.1) is 0 Å².